The number of aliphatic hydroxyl groups is 1. The van der Waals surface area contributed by atoms with Crippen molar-refractivity contribution in [3.8, 4) is 5.75 Å². The molecule has 1 aromatic carbocycles. The van der Waals surface area contributed by atoms with Crippen molar-refractivity contribution in [2.75, 3.05) is 38.6 Å². The van der Waals surface area contributed by atoms with Gasteiger partial charge in [-0.2, -0.15) is 0 Å². The largest absolute Gasteiger partial charge is 0.489 e. The number of anilines is 1. The van der Waals surface area contributed by atoms with Crippen LogP contribution < -0.4 is 15.8 Å². The molecule has 120 valence electrons. The van der Waals surface area contributed by atoms with Gasteiger partial charge in [0.2, 0.25) is 0 Å². The number of aryl methyl sites for hydroxylation is 1. The third-order valence-electron chi connectivity index (χ3n) is 2.91. The Balaban J connectivity index is 2.19. The van der Waals surface area contributed by atoms with Crippen molar-refractivity contribution >= 4 is 5.69 Å². The number of ether oxygens (including phenoxy) is 2. The number of hydrogen-bond donors (Lipinski definition) is 3. The lowest BCUT2D eigenvalue weighted by Gasteiger charge is -2.13. The van der Waals surface area contributed by atoms with Gasteiger partial charge in [0, 0.05) is 6.54 Å². The molecular weight excluding hydrogens is 268 g/mol. The molecule has 0 aromatic heterocycles. The predicted octanol–water partition coefficient (Wildman–Crippen LogP) is 1.59. The van der Waals surface area contributed by atoms with E-state index in [1.54, 1.807) is 0 Å². The van der Waals surface area contributed by atoms with Crippen LogP contribution in [0.15, 0.2) is 18.2 Å². The highest BCUT2D eigenvalue weighted by Gasteiger charge is 2.04. The second-order valence-electron chi connectivity index (χ2n) is 5.23. The zero-order valence-corrected chi connectivity index (χ0v) is 13.1. The van der Waals surface area contributed by atoms with Gasteiger partial charge in [0.15, 0.2) is 0 Å². The van der Waals surface area contributed by atoms with Crippen molar-refractivity contribution in [3.05, 3.63) is 23.8 Å². The van der Waals surface area contributed by atoms with Crippen molar-refractivity contribution in [3.63, 3.8) is 0 Å². The first-order valence-corrected chi connectivity index (χ1v) is 7.58. The van der Waals surface area contributed by atoms with E-state index in [2.05, 4.69) is 11.4 Å². The lowest BCUT2D eigenvalue weighted by Crippen LogP contribution is -2.21. The Morgan fingerprint density at radius 1 is 1.24 bits per heavy atom. The van der Waals surface area contributed by atoms with Gasteiger partial charge < -0.3 is 25.6 Å². The minimum absolute atomic E-state index is 0.0813. The van der Waals surface area contributed by atoms with E-state index in [0.29, 0.717) is 18.9 Å². The molecular formula is C16H28N2O3. The summed E-state index contributed by atoms with van der Waals surface area (Å²) >= 11 is 0. The van der Waals surface area contributed by atoms with Gasteiger partial charge in [-0.3, -0.25) is 0 Å². The third kappa shape index (κ3) is 7.90. The quantitative estimate of drug-likeness (QED) is 0.427. The number of hydrogen-bond acceptors (Lipinski definition) is 5. The molecule has 0 fully saturated rings. The lowest BCUT2D eigenvalue weighted by atomic mass is 10.1. The molecule has 0 saturated heterocycles. The molecule has 0 aliphatic heterocycles. The second kappa shape index (κ2) is 10.4. The van der Waals surface area contributed by atoms with Gasteiger partial charge in [-0.15, -0.1) is 0 Å². The molecule has 0 spiro atoms. The average molecular weight is 296 g/mol. The van der Waals surface area contributed by atoms with Crippen LogP contribution in [-0.2, 0) is 11.2 Å². The maximum Gasteiger partial charge on any atom is 0.142 e. The Morgan fingerprint density at radius 2 is 2.05 bits per heavy atom. The number of nitrogens with one attached hydrogen (secondary N) is 1. The molecule has 0 saturated carbocycles. The fraction of sp³-hybridized carbons (Fsp3) is 0.625. The summed E-state index contributed by atoms with van der Waals surface area (Å²) in [5.41, 5.74) is 7.92. The van der Waals surface area contributed by atoms with Gasteiger partial charge in [-0.25, -0.2) is 0 Å². The number of benzene rings is 1. The van der Waals surface area contributed by atoms with Crippen LogP contribution in [-0.4, -0.2) is 44.1 Å². The van der Waals surface area contributed by atoms with Crippen molar-refractivity contribution in [1.29, 1.82) is 0 Å². The number of aliphatic hydroxyl groups excluding tert-OH is 1. The lowest BCUT2D eigenvalue weighted by molar-refractivity contribution is 0.0940. The van der Waals surface area contributed by atoms with E-state index in [4.69, 9.17) is 20.3 Å². The molecule has 0 radical (unpaired) electrons. The molecule has 1 rings (SSSR count). The van der Waals surface area contributed by atoms with Crippen LogP contribution in [0.3, 0.4) is 0 Å². The summed E-state index contributed by atoms with van der Waals surface area (Å²) in [5, 5.41) is 11.9. The van der Waals surface area contributed by atoms with E-state index in [-0.39, 0.29) is 12.7 Å². The van der Waals surface area contributed by atoms with E-state index in [1.807, 2.05) is 26.0 Å². The molecule has 0 unspecified atom stereocenters. The van der Waals surface area contributed by atoms with Crippen LogP contribution in [0.1, 0.15) is 25.8 Å². The molecule has 0 aliphatic rings. The first-order chi connectivity index (χ1) is 10.1. The fourth-order valence-corrected chi connectivity index (χ4v) is 1.97. The highest BCUT2D eigenvalue weighted by molar-refractivity contribution is 5.54. The van der Waals surface area contributed by atoms with Crippen LogP contribution in [0.25, 0.3) is 0 Å². The molecule has 0 amide bonds. The standard InChI is InChI=1S/C16H28N2O3/c1-13(2)21-16-6-5-14(12-15(16)17)4-3-7-18-8-10-20-11-9-19/h5-6,12-13,18-19H,3-4,7-11,17H2,1-2H3. The van der Waals surface area contributed by atoms with Gasteiger partial charge in [0.25, 0.3) is 0 Å². The summed E-state index contributed by atoms with van der Waals surface area (Å²) in [7, 11) is 0. The molecule has 21 heavy (non-hydrogen) atoms. The topological polar surface area (TPSA) is 76.7 Å². The van der Waals surface area contributed by atoms with E-state index in [9.17, 15) is 0 Å². The number of nitrogen functional groups attached to an aromatic ring is 1. The van der Waals surface area contributed by atoms with E-state index < -0.39 is 0 Å². The molecule has 1 aromatic rings. The Labute approximate surface area is 127 Å². The molecule has 0 bridgehead atoms. The molecule has 5 heteroatoms. The third-order valence-corrected chi connectivity index (χ3v) is 2.91. The summed E-state index contributed by atoms with van der Waals surface area (Å²) < 4.78 is 10.8. The first kappa shape index (κ1) is 17.8. The number of nitrogens with two attached hydrogens (primary N) is 1. The summed E-state index contributed by atoms with van der Waals surface area (Å²) in [4.78, 5) is 0. The fourth-order valence-electron chi connectivity index (χ4n) is 1.97. The normalized spacial score (nSPS) is 11.0. The minimum Gasteiger partial charge on any atom is -0.489 e. The smallest absolute Gasteiger partial charge is 0.142 e. The molecule has 4 N–H and O–H groups in total. The Bertz CT molecular complexity index is 397. The summed E-state index contributed by atoms with van der Waals surface area (Å²) in [6.45, 7) is 6.85. The van der Waals surface area contributed by atoms with Crippen LogP contribution >= 0.6 is 0 Å². The van der Waals surface area contributed by atoms with Crippen LogP contribution in [0.4, 0.5) is 5.69 Å². The first-order valence-electron chi connectivity index (χ1n) is 7.58. The van der Waals surface area contributed by atoms with Crippen molar-refractivity contribution in [2.45, 2.75) is 32.8 Å². The summed E-state index contributed by atoms with van der Waals surface area (Å²) in [5.74, 6) is 0.757. The number of rotatable bonds is 11. The van der Waals surface area contributed by atoms with Crippen LogP contribution in [0.5, 0.6) is 5.75 Å². The summed E-state index contributed by atoms with van der Waals surface area (Å²) in [6.07, 6.45) is 2.16. The van der Waals surface area contributed by atoms with Gasteiger partial charge in [-0.05, 0) is 50.9 Å². The Hall–Kier alpha value is -1.30. The van der Waals surface area contributed by atoms with Gasteiger partial charge in [0.05, 0.1) is 31.6 Å². The monoisotopic (exact) mass is 296 g/mol. The van der Waals surface area contributed by atoms with Crippen molar-refractivity contribution < 1.29 is 14.6 Å². The van der Waals surface area contributed by atoms with Gasteiger partial charge >= 0.3 is 0 Å². The molecule has 0 aliphatic carbocycles. The predicted molar refractivity (Wildman–Crippen MR) is 85.7 cm³/mol. The van der Waals surface area contributed by atoms with Crippen LogP contribution in [0.2, 0.25) is 0 Å². The Morgan fingerprint density at radius 3 is 2.71 bits per heavy atom. The zero-order valence-electron chi connectivity index (χ0n) is 13.1. The van der Waals surface area contributed by atoms with Crippen molar-refractivity contribution in [1.82, 2.24) is 5.32 Å². The van der Waals surface area contributed by atoms with E-state index in [1.165, 1.54) is 5.56 Å². The molecule has 5 nitrogen and oxygen atoms in total. The SMILES string of the molecule is CC(C)Oc1ccc(CCCNCCOCCO)cc1N. The highest BCUT2D eigenvalue weighted by Crippen LogP contribution is 2.24. The Kier molecular flexibility index (Phi) is 8.82. The molecule has 0 heterocycles. The van der Waals surface area contributed by atoms with Crippen molar-refractivity contribution in [2.24, 2.45) is 0 Å². The van der Waals surface area contributed by atoms with Gasteiger partial charge in [-0.1, -0.05) is 6.07 Å². The second-order valence-corrected chi connectivity index (χ2v) is 5.23. The maximum absolute atomic E-state index is 8.56. The average Bonchev–Trinajstić information content (AvgIpc) is 2.44. The van der Waals surface area contributed by atoms with E-state index >= 15 is 0 Å². The minimum atomic E-state index is 0.0813. The van der Waals surface area contributed by atoms with Gasteiger partial charge in [0.1, 0.15) is 5.75 Å². The molecule has 0 atom stereocenters. The zero-order chi connectivity index (χ0) is 15.5. The van der Waals surface area contributed by atoms with E-state index in [0.717, 1.165) is 31.7 Å². The summed E-state index contributed by atoms with van der Waals surface area (Å²) in [6, 6.07) is 6.00. The maximum atomic E-state index is 8.56. The highest BCUT2D eigenvalue weighted by atomic mass is 16.5. The van der Waals surface area contributed by atoms with Crippen LogP contribution in [0, 0.1) is 0 Å².